The van der Waals surface area contributed by atoms with E-state index in [2.05, 4.69) is 25.5 Å². The van der Waals surface area contributed by atoms with Crippen molar-refractivity contribution in [1.29, 1.82) is 0 Å². The van der Waals surface area contributed by atoms with Gasteiger partial charge in [0.05, 0.1) is 17.4 Å². The summed E-state index contributed by atoms with van der Waals surface area (Å²) in [6.45, 7) is 5.46. The van der Waals surface area contributed by atoms with E-state index in [0.717, 1.165) is 27.9 Å². The van der Waals surface area contributed by atoms with Gasteiger partial charge in [0.25, 0.3) is 5.91 Å². The Kier molecular flexibility index (Phi) is 4.38. The van der Waals surface area contributed by atoms with E-state index in [1.54, 1.807) is 25.3 Å². The average Bonchev–Trinajstić information content (AvgIpc) is 3.24. The molecule has 29 heavy (non-hydrogen) atoms. The molecule has 8 heteroatoms. The number of carbonyl (C=O) groups excluding carboxylic acids is 1. The van der Waals surface area contributed by atoms with Crippen molar-refractivity contribution in [1.82, 2.24) is 20.2 Å². The first-order valence-electron chi connectivity index (χ1n) is 8.99. The Balaban J connectivity index is 1.63. The minimum Gasteiger partial charge on any atom is -0.478 e. The minimum atomic E-state index is -0.949. The highest BCUT2D eigenvalue weighted by Gasteiger charge is 2.15. The molecular weight excluding hydrogens is 370 g/mol. The third-order valence-corrected chi connectivity index (χ3v) is 4.96. The molecule has 0 spiro atoms. The summed E-state index contributed by atoms with van der Waals surface area (Å²) < 4.78 is 0. The van der Waals surface area contributed by atoms with Crippen molar-refractivity contribution in [2.24, 2.45) is 0 Å². The van der Waals surface area contributed by atoms with Gasteiger partial charge < -0.3 is 15.4 Å². The number of anilines is 1. The Bertz CT molecular complexity index is 1270. The van der Waals surface area contributed by atoms with Crippen LogP contribution in [0.25, 0.3) is 22.3 Å². The first-order chi connectivity index (χ1) is 13.8. The van der Waals surface area contributed by atoms with Crippen molar-refractivity contribution in [2.75, 3.05) is 5.32 Å². The fourth-order valence-corrected chi connectivity index (χ4v) is 3.21. The standard InChI is InChI=1S/C21H19N5O3/c1-10-6-13(4-5-16(10)21(28)29)17-8-14-7-15(9-22-19(14)24-17)23-20(27)18-11(2)12(3)25-26-18/h4-9H,1-3H3,(H,22,24)(H,23,27)(H,25,26)(H,28,29). The number of amides is 1. The molecule has 0 fully saturated rings. The van der Waals surface area contributed by atoms with Gasteiger partial charge in [0, 0.05) is 22.3 Å². The van der Waals surface area contributed by atoms with Crippen LogP contribution < -0.4 is 5.32 Å². The molecule has 0 bridgehead atoms. The van der Waals surface area contributed by atoms with E-state index in [1.165, 1.54) is 0 Å². The van der Waals surface area contributed by atoms with Crippen LogP contribution in [0.5, 0.6) is 0 Å². The van der Waals surface area contributed by atoms with Crippen molar-refractivity contribution in [2.45, 2.75) is 20.8 Å². The Hall–Kier alpha value is -3.94. The topological polar surface area (TPSA) is 124 Å². The number of nitrogens with zero attached hydrogens (tertiary/aromatic N) is 2. The summed E-state index contributed by atoms with van der Waals surface area (Å²) in [5, 5.41) is 19.7. The summed E-state index contributed by atoms with van der Waals surface area (Å²) in [5.74, 6) is -1.25. The van der Waals surface area contributed by atoms with Crippen LogP contribution in [-0.4, -0.2) is 37.1 Å². The molecule has 146 valence electrons. The molecule has 8 nitrogen and oxygen atoms in total. The Labute approximate surface area is 166 Å². The number of pyridine rings is 1. The number of rotatable bonds is 4. The van der Waals surface area contributed by atoms with E-state index in [0.29, 0.717) is 22.6 Å². The lowest BCUT2D eigenvalue weighted by atomic mass is 10.0. The van der Waals surface area contributed by atoms with Gasteiger partial charge >= 0.3 is 5.97 Å². The molecule has 0 radical (unpaired) electrons. The van der Waals surface area contributed by atoms with Crippen molar-refractivity contribution in [3.63, 3.8) is 0 Å². The third kappa shape index (κ3) is 3.36. The lowest BCUT2D eigenvalue weighted by Crippen LogP contribution is -2.13. The Morgan fingerprint density at radius 1 is 1.10 bits per heavy atom. The second-order valence-corrected chi connectivity index (χ2v) is 6.96. The first-order valence-corrected chi connectivity index (χ1v) is 8.99. The van der Waals surface area contributed by atoms with Crippen LogP contribution in [0.1, 0.15) is 37.7 Å². The van der Waals surface area contributed by atoms with Crippen LogP contribution in [0.3, 0.4) is 0 Å². The third-order valence-electron chi connectivity index (χ3n) is 4.96. The van der Waals surface area contributed by atoms with Gasteiger partial charge in [0.15, 0.2) is 5.69 Å². The number of hydrogen-bond acceptors (Lipinski definition) is 4. The fourth-order valence-electron chi connectivity index (χ4n) is 3.21. The number of hydrogen-bond donors (Lipinski definition) is 4. The molecule has 0 aliphatic heterocycles. The number of fused-ring (bicyclic) bond motifs is 1. The van der Waals surface area contributed by atoms with Gasteiger partial charge in [-0.2, -0.15) is 5.10 Å². The maximum Gasteiger partial charge on any atom is 0.335 e. The summed E-state index contributed by atoms with van der Waals surface area (Å²) in [6.07, 6.45) is 1.58. The summed E-state index contributed by atoms with van der Waals surface area (Å²) in [4.78, 5) is 31.3. The lowest BCUT2D eigenvalue weighted by molar-refractivity contribution is 0.0696. The molecule has 4 N–H and O–H groups in total. The minimum absolute atomic E-state index is 0.275. The number of carboxylic acids is 1. The Morgan fingerprint density at radius 2 is 1.90 bits per heavy atom. The second kappa shape index (κ2) is 6.90. The van der Waals surface area contributed by atoms with Crippen LogP contribution in [0.2, 0.25) is 0 Å². The van der Waals surface area contributed by atoms with E-state index < -0.39 is 5.97 Å². The number of aryl methyl sites for hydroxylation is 2. The highest BCUT2D eigenvalue weighted by molar-refractivity contribution is 6.04. The van der Waals surface area contributed by atoms with Crippen LogP contribution in [0, 0.1) is 20.8 Å². The van der Waals surface area contributed by atoms with Crippen molar-refractivity contribution in [3.05, 3.63) is 64.6 Å². The first kappa shape index (κ1) is 18.4. The van der Waals surface area contributed by atoms with Gasteiger partial charge in [-0.15, -0.1) is 0 Å². The van der Waals surface area contributed by atoms with E-state index in [-0.39, 0.29) is 11.5 Å². The quantitative estimate of drug-likeness (QED) is 0.422. The number of aromatic nitrogens is 4. The number of carbonyl (C=O) groups is 2. The molecule has 1 amide bonds. The van der Waals surface area contributed by atoms with Gasteiger partial charge in [-0.1, -0.05) is 6.07 Å². The molecule has 0 atom stereocenters. The zero-order valence-electron chi connectivity index (χ0n) is 16.1. The maximum atomic E-state index is 12.5. The molecular formula is C21H19N5O3. The number of benzene rings is 1. The van der Waals surface area contributed by atoms with Gasteiger partial charge in [-0.25, -0.2) is 9.78 Å². The average molecular weight is 389 g/mol. The molecule has 4 rings (SSSR count). The van der Waals surface area contributed by atoms with Crippen LogP contribution in [-0.2, 0) is 0 Å². The highest BCUT2D eigenvalue weighted by Crippen LogP contribution is 2.26. The highest BCUT2D eigenvalue weighted by atomic mass is 16.4. The van der Waals surface area contributed by atoms with Gasteiger partial charge in [0.1, 0.15) is 5.65 Å². The molecule has 0 aliphatic rings. The van der Waals surface area contributed by atoms with E-state index in [4.69, 9.17) is 0 Å². The molecule has 0 saturated heterocycles. The molecule has 0 aliphatic carbocycles. The number of aromatic amines is 2. The zero-order chi connectivity index (χ0) is 20.7. The number of nitrogens with one attached hydrogen (secondary N) is 3. The molecule has 0 unspecified atom stereocenters. The monoisotopic (exact) mass is 389 g/mol. The van der Waals surface area contributed by atoms with E-state index in [9.17, 15) is 14.7 Å². The zero-order valence-corrected chi connectivity index (χ0v) is 16.1. The summed E-state index contributed by atoms with van der Waals surface area (Å²) in [6, 6.07) is 8.91. The summed E-state index contributed by atoms with van der Waals surface area (Å²) in [7, 11) is 0. The predicted octanol–water partition coefficient (Wildman–Crippen LogP) is 3.83. The number of H-pyrrole nitrogens is 2. The van der Waals surface area contributed by atoms with Crippen molar-refractivity contribution >= 4 is 28.6 Å². The molecule has 3 aromatic heterocycles. The van der Waals surface area contributed by atoms with Crippen molar-refractivity contribution in [3.8, 4) is 11.3 Å². The summed E-state index contributed by atoms with van der Waals surface area (Å²) in [5.41, 5.74) is 5.87. The van der Waals surface area contributed by atoms with Gasteiger partial charge in [-0.3, -0.25) is 9.89 Å². The van der Waals surface area contributed by atoms with Gasteiger partial charge in [-0.05, 0) is 56.2 Å². The maximum absolute atomic E-state index is 12.5. The number of carboxylic acid groups (broad SMARTS) is 1. The van der Waals surface area contributed by atoms with Crippen molar-refractivity contribution < 1.29 is 14.7 Å². The molecule has 3 heterocycles. The Morgan fingerprint density at radius 3 is 2.55 bits per heavy atom. The van der Waals surface area contributed by atoms with Crippen LogP contribution >= 0.6 is 0 Å². The lowest BCUT2D eigenvalue weighted by Gasteiger charge is -2.03. The van der Waals surface area contributed by atoms with E-state index in [1.807, 2.05) is 32.0 Å². The number of aromatic carboxylic acids is 1. The van der Waals surface area contributed by atoms with Gasteiger partial charge in [0.2, 0.25) is 0 Å². The van der Waals surface area contributed by atoms with Crippen LogP contribution in [0.4, 0.5) is 5.69 Å². The van der Waals surface area contributed by atoms with E-state index >= 15 is 0 Å². The van der Waals surface area contributed by atoms with Crippen LogP contribution in [0.15, 0.2) is 36.5 Å². The molecule has 4 aromatic rings. The fraction of sp³-hybridized carbons (Fsp3) is 0.143. The summed E-state index contributed by atoms with van der Waals surface area (Å²) >= 11 is 0. The normalized spacial score (nSPS) is 11.0. The predicted molar refractivity (Wildman–Crippen MR) is 109 cm³/mol. The largest absolute Gasteiger partial charge is 0.478 e. The SMILES string of the molecule is Cc1cc(-c2cc3cc(NC(=O)c4n[nH]c(C)c4C)cnc3[nH]2)ccc1C(=O)O. The molecule has 0 saturated carbocycles. The second-order valence-electron chi connectivity index (χ2n) is 6.96. The smallest absolute Gasteiger partial charge is 0.335 e. The molecule has 1 aromatic carbocycles.